The number of hydrogen-bond acceptors (Lipinski definition) is 7. The van der Waals surface area contributed by atoms with Crippen molar-refractivity contribution >= 4 is 42.7 Å². The van der Waals surface area contributed by atoms with Crippen LogP contribution in [0.4, 0.5) is 5.13 Å². The maximum absolute atomic E-state index is 12.9. The normalized spacial score (nSPS) is 11.8. The average molecular weight is 490 g/mol. The monoisotopic (exact) mass is 489 g/mol. The zero-order chi connectivity index (χ0) is 24.0. The maximum Gasteiger partial charge on any atom is 0.343 e. The summed E-state index contributed by atoms with van der Waals surface area (Å²) in [6.07, 6.45) is 1.48. The van der Waals surface area contributed by atoms with Crippen molar-refractivity contribution in [1.82, 2.24) is 9.29 Å². The third-order valence-corrected chi connectivity index (χ3v) is 8.26. The number of rotatable bonds is 11. The van der Waals surface area contributed by atoms with E-state index in [0.29, 0.717) is 24.4 Å². The number of hydrogen-bond donors (Lipinski definition) is 0. The minimum Gasteiger partial charge on any atom is -0.423 e. The van der Waals surface area contributed by atoms with E-state index in [4.69, 9.17) is 4.74 Å². The van der Waals surface area contributed by atoms with E-state index in [1.807, 2.05) is 26.0 Å². The van der Waals surface area contributed by atoms with Crippen LogP contribution in [-0.2, 0) is 10.0 Å². The van der Waals surface area contributed by atoms with Gasteiger partial charge in [0, 0.05) is 32.2 Å². The zero-order valence-corrected chi connectivity index (χ0v) is 21.2. The summed E-state index contributed by atoms with van der Waals surface area (Å²) in [5.41, 5.74) is 1.15. The van der Waals surface area contributed by atoms with Gasteiger partial charge in [-0.15, -0.1) is 0 Å². The molecule has 33 heavy (non-hydrogen) atoms. The summed E-state index contributed by atoms with van der Waals surface area (Å²) < 4.78 is 33.8. The molecule has 1 aromatic heterocycles. The van der Waals surface area contributed by atoms with Crippen LogP contribution in [0.15, 0.2) is 47.4 Å². The van der Waals surface area contributed by atoms with Crippen LogP contribution >= 0.6 is 11.3 Å². The van der Waals surface area contributed by atoms with Crippen LogP contribution in [0.25, 0.3) is 10.2 Å². The number of fused-ring (bicyclic) bond motifs is 1. The molecule has 1 heterocycles. The highest BCUT2D eigenvalue weighted by Crippen LogP contribution is 2.31. The topological polar surface area (TPSA) is 79.8 Å². The van der Waals surface area contributed by atoms with Gasteiger partial charge in [0.2, 0.25) is 10.0 Å². The Morgan fingerprint density at radius 3 is 2.18 bits per heavy atom. The van der Waals surface area contributed by atoms with Crippen molar-refractivity contribution in [3.63, 3.8) is 0 Å². The number of aromatic nitrogens is 1. The average Bonchev–Trinajstić information content (AvgIpc) is 3.23. The lowest BCUT2D eigenvalue weighted by Crippen LogP contribution is -2.32. The van der Waals surface area contributed by atoms with Gasteiger partial charge in [0.1, 0.15) is 5.75 Å². The molecular weight excluding hydrogens is 458 g/mol. The molecule has 0 N–H and O–H groups in total. The van der Waals surface area contributed by atoms with Crippen LogP contribution in [-0.4, -0.2) is 49.9 Å². The molecule has 0 aliphatic carbocycles. The van der Waals surface area contributed by atoms with E-state index in [-0.39, 0.29) is 4.90 Å². The number of sulfonamides is 1. The molecule has 0 radical (unpaired) electrons. The number of anilines is 1. The highest BCUT2D eigenvalue weighted by Gasteiger charge is 2.23. The van der Waals surface area contributed by atoms with Gasteiger partial charge in [-0.25, -0.2) is 18.2 Å². The van der Waals surface area contributed by atoms with E-state index in [0.717, 1.165) is 41.3 Å². The molecule has 178 valence electrons. The number of ether oxygens (including phenoxy) is 1. The lowest BCUT2D eigenvalue weighted by Gasteiger charge is -2.21. The molecule has 3 rings (SSSR count). The van der Waals surface area contributed by atoms with Crippen LogP contribution in [0, 0.1) is 0 Å². The Hall–Kier alpha value is -2.49. The third-order valence-electron chi connectivity index (χ3n) is 5.27. The van der Waals surface area contributed by atoms with Gasteiger partial charge in [-0.3, -0.25) is 0 Å². The summed E-state index contributed by atoms with van der Waals surface area (Å²) in [7, 11) is -3.59. The summed E-state index contributed by atoms with van der Waals surface area (Å²) in [6.45, 7) is 10.8. The van der Waals surface area contributed by atoms with Crippen molar-refractivity contribution in [2.75, 3.05) is 31.1 Å². The van der Waals surface area contributed by atoms with Gasteiger partial charge in [-0.05, 0) is 63.1 Å². The summed E-state index contributed by atoms with van der Waals surface area (Å²) >= 11 is 1.56. The molecular formula is C24H31N3O4S2. The lowest BCUT2D eigenvalue weighted by atomic mass is 10.2. The summed E-state index contributed by atoms with van der Waals surface area (Å²) in [5.74, 6) is -0.109. The smallest absolute Gasteiger partial charge is 0.343 e. The van der Waals surface area contributed by atoms with Gasteiger partial charge in [0.05, 0.1) is 20.7 Å². The fourth-order valence-electron chi connectivity index (χ4n) is 3.51. The second-order valence-electron chi connectivity index (χ2n) is 7.62. The molecule has 9 heteroatoms. The lowest BCUT2D eigenvalue weighted by molar-refractivity contribution is 0.0735. The molecule has 2 aromatic carbocycles. The van der Waals surface area contributed by atoms with Crippen molar-refractivity contribution in [3.05, 3.63) is 48.0 Å². The number of esters is 1. The van der Waals surface area contributed by atoms with Gasteiger partial charge >= 0.3 is 5.97 Å². The fourth-order valence-corrected chi connectivity index (χ4v) is 6.26. The second kappa shape index (κ2) is 11.1. The first kappa shape index (κ1) is 25.1. The van der Waals surface area contributed by atoms with Gasteiger partial charge < -0.3 is 9.64 Å². The largest absolute Gasteiger partial charge is 0.423 e. The van der Waals surface area contributed by atoms with Crippen LogP contribution in [0.5, 0.6) is 5.75 Å². The van der Waals surface area contributed by atoms with Crippen LogP contribution in [0.2, 0.25) is 0 Å². The standard InChI is InChI=1S/C24H31N3O4S2/c1-5-15-27(16-6-2)33(29,30)20-12-9-18(10-13-20)23(28)31-19-11-14-21-22(17-19)32-24(25-21)26(7-3)8-4/h9-14,17H,5-8,15-16H2,1-4H3. The molecule has 0 aliphatic heterocycles. The van der Waals surface area contributed by atoms with Gasteiger partial charge in [-0.1, -0.05) is 25.2 Å². The Morgan fingerprint density at radius 1 is 0.970 bits per heavy atom. The maximum atomic E-state index is 12.9. The predicted octanol–water partition coefficient (Wildman–Crippen LogP) is 5.17. The number of carbonyl (C=O) groups is 1. The van der Waals surface area contributed by atoms with Gasteiger partial charge in [0.15, 0.2) is 5.13 Å². The van der Waals surface area contributed by atoms with Crippen LogP contribution in [0.3, 0.4) is 0 Å². The minimum atomic E-state index is -3.59. The Labute approximate surface area is 200 Å². The predicted molar refractivity (Wildman–Crippen MR) is 134 cm³/mol. The molecule has 0 aliphatic rings. The molecule has 7 nitrogen and oxygen atoms in total. The fraction of sp³-hybridized carbons (Fsp3) is 0.417. The van der Waals surface area contributed by atoms with Crippen molar-refractivity contribution in [2.24, 2.45) is 0 Å². The summed E-state index contributed by atoms with van der Waals surface area (Å²) in [6, 6.07) is 11.3. The summed E-state index contributed by atoms with van der Waals surface area (Å²) in [4.78, 5) is 19.7. The first-order valence-electron chi connectivity index (χ1n) is 11.3. The molecule has 0 saturated carbocycles. The van der Waals surface area contributed by atoms with E-state index in [2.05, 4.69) is 23.7 Å². The molecule has 0 amide bonds. The van der Waals surface area contributed by atoms with Crippen molar-refractivity contribution in [2.45, 2.75) is 45.4 Å². The number of nitrogens with zero attached hydrogens (tertiary/aromatic N) is 3. The molecule has 0 unspecified atom stereocenters. The van der Waals surface area contributed by atoms with E-state index in [9.17, 15) is 13.2 Å². The van der Waals surface area contributed by atoms with E-state index >= 15 is 0 Å². The Balaban J connectivity index is 1.76. The first-order valence-corrected chi connectivity index (χ1v) is 13.6. The Bertz CT molecular complexity index is 1180. The highest BCUT2D eigenvalue weighted by molar-refractivity contribution is 7.89. The van der Waals surface area contributed by atoms with E-state index in [1.54, 1.807) is 17.4 Å². The van der Waals surface area contributed by atoms with Crippen molar-refractivity contribution in [1.29, 1.82) is 0 Å². The van der Waals surface area contributed by atoms with E-state index < -0.39 is 16.0 Å². The Morgan fingerprint density at radius 2 is 1.61 bits per heavy atom. The first-order chi connectivity index (χ1) is 15.8. The quantitative estimate of drug-likeness (QED) is 0.273. The second-order valence-corrected chi connectivity index (χ2v) is 10.6. The number of thiazole rings is 1. The van der Waals surface area contributed by atoms with Crippen molar-refractivity contribution in [3.8, 4) is 5.75 Å². The van der Waals surface area contributed by atoms with E-state index in [1.165, 1.54) is 28.6 Å². The highest BCUT2D eigenvalue weighted by atomic mass is 32.2. The van der Waals surface area contributed by atoms with Crippen molar-refractivity contribution < 1.29 is 17.9 Å². The molecule has 0 fully saturated rings. The molecule has 0 bridgehead atoms. The Kier molecular flexibility index (Phi) is 8.45. The SMILES string of the molecule is CCCN(CCC)S(=O)(=O)c1ccc(C(=O)Oc2ccc3nc(N(CC)CC)sc3c2)cc1. The third kappa shape index (κ3) is 5.72. The zero-order valence-electron chi connectivity index (χ0n) is 19.6. The van der Waals surface area contributed by atoms with Crippen LogP contribution in [0.1, 0.15) is 50.9 Å². The molecule has 3 aromatic rings. The summed E-state index contributed by atoms with van der Waals surface area (Å²) in [5, 5.41) is 0.940. The number of carbonyl (C=O) groups excluding carboxylic acids is 1. The number of benzene rings is 2. The molecule has 0 saturated heterocycles. The minimum absolute atomic E-state index is 0.177. The van der Waals surface area contributed by atoms with Gasteiger partial charge in [0.25, 0.3) is 0 Å². The van der Waals surface area contributed by atoms with Crippen LogP contribution < -0.4 is 9.64 Å². The van der Waals surface area contributed by atoms with Gasteiger partial charge in [-0.2, -0.15) is 4.31 Å². The molecule has 0 spiro atoms. The molecule has 0 atom stereocenters.